The smallest absolute Gasteiger partial charge is 0.441 e. The fraction of sp³-hybridized carbons (Fsp3) is 0.300. The molecule has 33 heavy (non-hydrogen) atoms. The number of hydrogen-bond acceptors (Lipinski definition) is 8. The molecule has 2 aromatic heterocycles. The molecule has 4 heterocycles. The minimum absolute atomic E-state index is 0.367. The largest absolute Gasteiger partial charge is 0.469 e. The van der Waals surface area contributed by atoms with Gasteiger partial charge in [-0.2, -0.15) is 15.4 Å². The SMILES string of the molecule is O=C1O[C@@H](COP(=O)(O)O)[C@@H]2Cc3cc(-c4ccc(CNCc5cn[nH]n5)nc4)ccc3N12. The highest BCUT2D eigenvalue weighted by atomic mass is 31.2. The van der Waals surface area contributed by atoms with E-state index in [1.165, 1.54) is 4.90 Å². The van der Waals surface area contributed by atoms with Crippen molar-refractivity contribution in [3.05, 3.63) is 59.7 Å². The summed E-state index contributed by atoms with van der Waals surface area (Å²) in [6, 6.07) is 9.33. The van der Waals surface area contributed by atoms with Crippen molar-refractivity contribution in [1.82, 2.24) is 25.7 Å². The molecule has 0 spiro atoms. The number of nitrogens with zero attached hydrogens (tertiary/aromatic N) is 4. The van der Waals surface area contributed by atoms with Crippen LogP contribution in [0.15, 0.2) is 42.7 Å². The molecule has 0 bridgehead atoms. The van der Waals surface area contributed by atoms with E-state index in [1.54, 1.807) is 12.4 Å². The summed E-state index contributed by atoms with van der Waals surface area (Å²) in [5.41, 5.74) is 5.29. The molecular formula is C20H21N6O6P. The van der Waals surface area contributed by atoms with E-state index in [-0.39, 0.29) is 12.6 Å². The van der Waals surface area contributed by atoms with Crippen LogP contribution in [0.3, 0.4) is 0 Å². The molecule has 13 heteroatoms. The van der Waals surface area contributed by atoms with E-state index in [0.717, 1.165) is 33.8 Å². The molecule has 172 valence electrons. The quantitative estimate of drug-likeness (QED) is 0.354. The third-order valence-corrected chi connectivity index (χ3v) is 6.11. The monoisotopic (exact) mass is 472 g/mol. The summed E-state index contributed by atoms with van der Waals surface area (Å²) in [5, 5.41) is 13.6. The van der Waals surface area contributed by atoms with E-state index in [1.807, 2.05) is 30.3 Å². The van der Waals surface area contributed by atoms with Crippen LogP contribution in [0.4, 0.5) is 10.5 Å². The van der Waals surface area contributed by atoms with Gasteiger partial charge in [-0.1, -0.05) is 12.1 Å². The molecule has 1 saturated heterocycles. The van der Waals surface area contributed by atoms with Gasteiger partial charge in [0, 0.05) is 24.8 Å². The van der Waals surface area contributed by atoms with Crippen LogP contribution in [0.5, 0.6) is 0 Å². The van der Waals surface area contributed by atoms with Gasteiger partial charge in [0.25, 0.3) is 0 Å². The summed E-state index contributed by atoms with van der Waals surface area (Å²) in [7, 11) is -4.65. The van der Waals surface area contributed by atoms with Gasteiger partial charge in [-0.05, 0) is 35.7 Å². The third-order valence-electron chi connectivity index (χ3n) is 5.62. The normalized spacial score (nSPS) is 19.5. The number of anilines is 1. The Hall–Kier alpha value is -3.15. The van der Waals surface area contributed by atoms with Crippen molar-refractivity contribution in [3.8, 4) is 11.1 Å². The van der Waals surface area contributed by atoms with Gasteiger partial charge in [-0.25, -0.2) is 9.36 Å². The highest BCUT2D eigenvalue weighted by Gasteiger charge is 2.48. The van der Waals surface area contributed by atoms with E-state index in [4.69, 9.17) is 14.5 Å². The number of hydrogen-bond donors (Lipinski definition) is 4. The number of rotatable bonds is 8. The number of amides is 1. The minimum Gasteiger partial charge on any atom is -0.441 e. The van der Waals surface area contributed by atoms with Gasteiger partial charge >= 0.3 is 13.9 Å². The first kappa shape index (κ1) is 21.7. The molecule has 1 amide bonds. The number of cyclic esters (lactones) is 1. The lowest BCUT2D eigenvalue weighted by Crippen LogP contribution is -2.35. The first-order valence-electron chi connectivity index (χ1n) is 10.2. The molecular weight excluding hydrogens is 451 g/mol. The van der Waals surface area contributed by atoms with E-state index in [0.29, 0.717) is 19.5 Å². The number of nitrogens with one attached hydrogen (secondary N) is 2. The van der Waals surface area contributed by atoms with Crippen LogP contribution < -0.4 is 10.2 Å². The number of carbonyl (C=O) groups excluding carboxylic acids is 1. The molecule has 0 radical (unpaired) electrons. The zero-order chi connectivity index (χ0) is 23.0. The molecule has 5 rings (SSSR count). The van der Waals surface area contributed by atoms with Crippen molar-refractivity contribution in [3.63, 3.8) is 0 Å². The van der Waals surface area contributed by atoms with Gasteiger partial charge in [0.1, 0.15) is 6.10 Å². The Labute approximate surface area is 188 Å². The summed E-state index contributed by atoms with van der Waals surface area (Å²) in [5.74, 6) is 0. The molecule has 2 aliphatic heterocycles. The maximum absolute atomic E-state index is 12.3. The number of phosphoric ester groups is 1. The standard InChI is InChI=1S/C20H21N6O6P/c27-20-26-17-4-2-12(5-14(17)6-18(26)19(32-20)11-31-33(28,29)30)13-1-3-15(22-7-13)8-21-9-16-10-23-25-24-16/h1-5,7,10,18-19,21H,6,8-9,11H2,(H,23,24,25)(H2,28,29,30)/t18-,19-/m0/s1. The predicted octanol–water partition coefficient (Wildman–Crippen LogP) is 1.52. The van der Waals surface area contributed by atoms with Crippen LogP contribution in [-0.4, -0.2) is 55.0 Å². The van der Waals surface area contributed by atoms with Gasteiger partial charge in [0.15, 0.2) is 0 Å². The molecule has 2 atom stereocenters. The predicted molar refractivity (Wildman–Crippen MR) is 115 cm³/mol. The molecule has 1 fully saturated rings. The van der Waals surface area contributed by atoms with E-state index in [9.17, 15) is 9.36 Å². The molecule has 0 unspecified atom stereocenters. The number of phosphoric acid groups is 1. The van der Waals surface area contributed by atoms with Gasteiger partial charge in [0.2, 0.25) is 0 Å². The second-order valence-electron chi connectivity index (χ2n) is 7.80. The summed E-state index contributed by atoms with van der Waals surface area (Å²) in [4.78, 5) is 36.3. The van der Waals surface area contributed by atoms with Gasteiger partial charge < -0.3 is 19.8 Å². The van der Waals surface area contributed by atoms with Crippen LogP contribution in [0, 0.1) is 0 Å². The average molecular weight is 472 g/mol. The van der Waals surface area contributed by atoms with Crippen molar-refractivity contribution >= 4 is 19.6 Å². The van der Waals surface area contributed by atoms with E-state index in [2.05, 4.69) is 30.2 Å². The Bertz CT molecular complexity index is 1200. The summed E-state index contributed by atoms with van der Waals surface area (Å²) in [6.45, 7) is 0.813. The summed E-state index contributed by atoms with van der Waals surface area (Å²) < 4.78 is 20.8. The Morgan fingerprint density at radius 3 is 2.73 bits per heavy atom. The number of fused-ring (bicyclic) bond motifs is 3. The van der Waals surface area contributed by atoms with Crippen molar-refractivity contribution < 1.29 is 28.4 Å². The van der Waals surface area contributed by atoms with Crippen LogP contribution in [-0.2, 0) is 33.3 Å². The molecule has 3 aromatic rings. The van der Waals surface area contributed by atoms with Gasteiger partial charge in [-0.3, -0.25) is 14.4 Å². The highest BCUT2D eigenvalue weighted by molar-refractivity contribution is 7.46. The Morgan fingerprint density at radius 1 is 1.18 bits per heavy atom. The summed E-state index contributed by atoms with van der Waals surface area (Å²) >= 11 is 0. The van der Waals surface area contributed by atoms with Crippen molar-refractivity contribution in [2.24, 2.45) is 0 Å². The Kier molecular flexibility index (Phi) is 5.69. The Balaban J connectivity index is 1.26. The highest BCUT2D eigenvalue weighted by Crippen LogP contribution is 2.42. The second kappa shape index (κ2) is 8.65. The van der Waals surface area contributed by atoms with Crippen LogP contribution in [0.1, 0.15) is 17.0 Å². The third kappa shape index (κ3) is 4.65. The van der Waals surface area contributed by atoms with Crippen molar-refractivity contribution in [2.45, 2.75) is 31.7 Å². The fourth-order valence-electron chi connectivity index (χ4n) is 4.10. The maximum Gasteiger partial charge on any atom is 0.469 e. The van der Waals surface area contributed by atoms with Crippen LogP contribution in [0.2, 0.25) is 0 Å². The molecule has 0 saturated carbocycles. The molecule has 1 aromatic carbocycles. The number of H-pyrrole nitrogens is 1. The number of pyridine rings is 1. The number of aromatic amines is 1. The Morgan fingerprint density at radius 2 is 2.00 bits per heavy atom. The lowest BCUT2D eigenvalue weighted by atomic mass is 10.0. The topological polar surface area (TPSA) is 163 Å². The first-order chi connectivity index (χ1) is 15.9. The van der Waals surface area contributed by atoms with Gasteiger partial charge in [-0.15, -0.1) is 0 Å². The fourth-order valence-corrected chi connectivity index (χ4v) is 4.44. The first-order valence-corrected chi connectivity index (χ1v) is 11.7. The zero-order valence-corrected chi connectivity index (χ0v) is 18.2. The lowest BCUT2D eigenvalue weighted by Gasteiger charge is -2.16. The average Bonchev–Trinajstić information content (AvgIpc) is 3.49. The molecule has 4 N–H and O–H groups in total. The van der Waals surface area contributed by atoms with Gasteiger partial charge in [0.05, 0.1) is 35.9 Å². The number of ether oxygens (including phenoxy) is 1. The molecule has 2 aliphatic rings. The lowest BCUT2D eigenvalue weighted by molar-refractivity contribution is 0.0761. The summed E-state index contributed by atoms with van der Waals surface area (Å²) in [6.07, 6.45) is 2.66. The van der Waals surface area contributed by atoms with Crippen molar-refractivity contribution in [1.29, 1.82) is 0 Å². The second-order valence-corrected chi connectivity index (χ2v) is 9.04. The number of benzene rings is 1. The zero-order valence-electron chi connectivity index (χ0n) is 17.3. The van der Waals surface area contributed by atoms with E-state index >= 15 is 0 Å². The van der Waals surface area contributed by atoms with Crippen LogP contribution >= 0.6 is 7.82 Å². The van der Waals surface area contributed by atoms with E-state index < -0.39 is 20.0 Å². The van der Waals surface area contributed by atoms with Crippen molar-refractivity contribution in [2.75, 3.05) is 11.5 Å². The maximum atomic E-state index is 12.3. The minimum atomic E-state index is -4.65. The number of aromatic nitrogens is 4. The van der Waals surface area contributed by atoms with Crippen LogP contribution in [0.25, 0.3) is 11.1 Å². The molecule has 12 nitrogen and oxygen atoms in total. The molecule has 0 aliphatic carbocycles. The number of carbonyl (C=O) groups is 1.